The predicted molar refractivity (Wildman–Crippen MR) is 79.6 cm³/mol. The molecule has 0 aliphatic carbocycles. The van der Waals surface area contributed by atoms with Gasteiger partial charge < -0.3 is 20.1 Å². The van der Waals surface area contributed by atoms with Crippen molar-refractivity contribution in [2.24, 2.45) is 0 Å². The summed E-state index contributed by atoms with van der Waals surface area (Å²) in [4.78, 5) is 2.08. The van der Waals surface area contributed by atoms with Crippen LogP contribution in [0, 0.1) is 0 Å². The predicted octanol–water partition coefficient (Wildman–Crippen LogP) is 2.77. The Hall–Kier alpha value is -2.62. The summed E-state index contributed by atoms with van der Waals surface area (Å²) in [7, 11) is 1.67. The Morgan fingerprint density at radius 3 is 2.80 bits per heavy atom. The van der Waals surface area contributed by atoms with Gasteiger partial charge in [0.05, 0.1) is 25.2 Å². The third-order valence-electron chi connectivity index (χ3n) is 3.28. The molecule has 2 aromatic carbocycles. The summed E-state index contributed by atoms with van der Waals surface area (Å²) < 4.78 is 5.38. The van der Waals surface area contributed by atoms with Gasteiger partial charge in [0.1, 0.15) is 11.5 Å². The largest absolute Gasteiger partial charge is 0.508 e. The summed E-state index contributed by atoms with van der Waals surface area (Å²) in [5.74, 6) is 1.10. The molecule has 4 heteroatoms. The van der Waals surface area contributed by atoms with Crippen LogP contribution in [0.3, 0.4) is 0 Å². The first kappa shape index (κ1) is 12.4. The van der Waals surface area contributed by atoms with Crippen LogP contribution < -0.4 is 15.0 Å². The highest BCUT2D eigenvalue weighted by Crippen LogP contribution is 2.31. The maximum absolute atomic E-state index is 9.55. The average molecular weight is 268 g/mol. The van der Waals surface area contributed by atoms with Crippen molar-refractivity contribution in [3.05, 3.63) is 60.3 Å². The smallest absolute Gasteiger partial charge is 0.142 e. The second-order valence-electron chi connectivity index (χ2n) is 4.57. The van der Waals surface area contributed by atoms with Gasteiger partial charge in [-0.25, -0.2) is 0 Å². The van der Waals surface area contributed by atoms with Crippen LogP contribution in [0.5, 0.6) is 11.5 Å². The highest BCUT2D eigenvalue weighted by atomic mass is 16.5. The molecule has 0 radical (unpaired) electrons. The lowest BCUT2D eigenvalue weighted by Gasteiger charge is -2.17. The minimum Gasteiger partial charge on any atom is -0.508 e. The van der Waals surface area contributed by atoms with E-state index in [-0.39, 0.29) is 5.75 Å². The molecule has 1 heterocycles. The van der Waals surface area contributed by atoms with Gasteiger partial charge in [-0.05, 0) is 24.3 Å². The Balaban J connectivity index is 1.91. The van der Waals surface area contributed by atoms with Crippen LogP contribution in [-0.4, -0.2) is 18.9 Å². The summed E-state index contributed by atoms with van der Waals surface area (Å²) >= 11 is 0. The summed E-state index contributed by atoms with van der Waals surface area (Å²) in [6, 6.07) is 15.1. The van der Waals surface area contributed by atoms with Crippen molar-refractivity contribution in [1.82, 2.24) is 5.32 Å². The molecular weight excluding hydrogens is 252 g/mol. The molecule has 2 aromatic rings. The molecular formula is C16H16N2O2. The van der Waals surface area contributed by atoms with Gasteiger partial charge in [0, 0.05) is 11.8 Å². The monoisotopic (exact) mass is 268 g/mol. The zero-order chi connectivity index (χ0) is 13.9. The van der Waals surface area contributed by atoms with Gasteiger partial charge in [0.25, 0.3) is 0 Å². The number of phenolic OH excluding ortho intramolecular Hbond substituents is 1. The highest BCUT2D eigenvalue weighted by Gasteiger charge is 2.17. The molecule has 0 saturated carbocycles. The topological polar surface area (TPSA) is 44.7 Å². The standard InChI is InChI=1S/C16H16N2O2/c1-20-16-8-3-2-7-15(16)18-10-14(17-11-18)12-5-4-6-13(19)9-12/h2-10,17,19H,11H2,1H3. The number of ether oxygens (including phenoxy) is 1. The molecule has 0 spiro atoms. The number of para-hydroxylation sites is 2. The zero-order valence-corrected chi connectivity index (χ0v) is 11.2. The van der Waals surface area contributed by atoms with Crippen LogP contribution in [0.1, 0.15) is 5.56 Å². The average Bonchev–Trinajstić information content (AvgIpc) is 2.97. The van der Waals surface area contributed by atoms with E-state index in [4.69, 9.17) is 4.74 Å². The molecule has 0 fully saturated rings. The zero-order valence-electron chi connectivity index (χ0n) is 11.2. The van der Waals surface area contributed by atoms with E-state index >= 15 is 0 Å². The van der Waals surface area contributed by atoms with Gasteiger partial charge >= 0.3 is 0 Å². The lowest BCUT2D eigenvalue weighted by Crippen LogP contribution is -2.20. The van der Waals surface area contributed by atoms with Gasteiger partial charge in [0.15, 0.2) is 0 Å². The molecule has 0 unspecified atom stereocenters. The molecule has 0 amide bonds. The molecule has 4 nitrogen and oxygen atoms in total. The molecule has 0 bridgehead atoms. The number of phenols is 1. The number of hydrogen-bond acceptors (Lipinski definition) is 4. The van der Waals surface area contributed by atoms with Crippen molar-refractivity contribution < 1.29 is 9.84 Å². The fourth-order valence-electron chi connectivity index (χ4n) is 2.29. The molecule has 0 aromatic heterocycles. The SMILES string of the molecule is COc1ccccc1N1C=C(c2cccc(O)c2)NC1. The Morgan fingerprint density at radius 1 is 1.15 bits per heavy atom. The van der Waals surface area contributed by atoms with Gasteiger partial charge in [-0.3, -0.25) is 0 Å². The van der Waals surface area contributed by atoms with E-state index in [2.05, 4.69) is 10.2 Å². The highest BCUT2D eigenvalue weighted by molar-refractivity contribution is 5.73. The Bertz CT molecular complexity index is 652. The van der Waals surface area contributed by atoms with Gasteiger partial charge in [0.2, 0.25) is 0 Å². The molecule has 1 aliphatic heterocycles. The number of methoxy groups -OCH3 is 1. The van der Waals surface area contributed by atoms with Gasteiger partial charge in [-0.15, -0.1) is 0 Å². The third kappa shape index (κ3) is 2.28. The minimum absolute atomic E-state index is 0.265. The van der Waals surface area contributed by atoms with E-state index in [0.717, 1.165) is 22.7 Å². The van der Waals surface area contributed by atoms with Crippen molar-refractivity contribution in [1.29, 1.82) is 0 Å². The van der Waals surface area contributed by atoms with Gasteiger partial charge in [-0.2, -0.15) is 0 Å². The third-order valence-corrected chi connectivity index (χ3v) is 3.28. The van der Waals surface area contributed by atoms with Crippen LogP contribution >= 0.6 is 0 Å². The first-order valence-electron chi connectivity index (χ1n) is 6.42. The normalized spacial score (nSPS) is 13.8. The lowest BCUT2D eigenvalue weighted by atomic mass is 10.1. The fraction of sp³-hybridized carbons (Fsp3) is 0.125. The first-order valence-corrected chi connectivity index (χ1v) is 6.42. The second-order valence-corrected chi connectivity index (χ2v) is 4.57. The number of benzene rings is 2. The summed E-state index contributed by atoms with van der Waals surface area (Å²) in [6.07, 6.45) is 2.02. The van der Waals surface area contributed by atoms with E-state index in [1.807, 2.05) is 42.6 Å². The second kappa shape index (κ2) is 5.17. The van der Waals surface area contributed by atoms with Crippen LogP contribution in [0.4, 0.5) is 5.69 Å². The summed E-state index contributed by atoms with van der Waals surface area (Å²) in [5.41, 5.74) is 2.95. The van der Waals surface area contributed by atoms with Crippen LogP contribution in [0.2, 0.25) is 0 Å². The van der Waals surface area contributed by atoms with E-state index in [1.54, 1.807) is 19.2 Å². The van der Waals surface area contributed by atoms with Crippen LogP contribution in [0.15, 0.2) is 54.7 Å². The molecule has 0 atom stereocenters. The fourth-order valence-corrected chi connectivity index (χ4v) is 2.29. The molecule has 0 saturated heterocycles. The summed E-state index contributed by atoms with van der Waals surface area (Å²) in [5, 5.41) is 12.9. The number of anilines is 1. The molecule has 2 N–H and O–H groups in total. The number of nitrogens with zero attached hydrogens (tertiary/aromatic N) is 1. The maximum Gasteiger partial charge on any atom is 0.142 e. The quantitative estimate of drug-likeness (QED) is 0.898. The first-order chi connectivity index (χ1) is 9.78. The van der Waals surface area contributed by atoms with E-state index in [1.165, 1.54) is 0 Å². The van der Waals surface area contributed by atoms with E-state index < -0.39 is 0 Å². The van der Waals surface area contributed by atoms with E-state index in [0.29, 0.717) is 6.67 Å². The lowest BCUT2D eigenvalue weighted by molar-refractivity contribution is 0.415. The molecule has 20 heavy (non-hydrogen) atoms. The van der Waals surface area contributed by atoms with Crippen LogP contribution in [-0.2, 0) is 0 Å². The van der Waals surface area contributed by atoms with E-state index in [9.17, 15) is 5.11 Å². The number of hydrogen-bond donors (Lipinski definition) is 2. The number of aromatic hydroxyl groups is 1. The minimum atomic E-state index is 0.265. The van der Waals surface area contributed by atoms with Gasteiger partial charge in [-0.1, -0.05) is 24.3 Å². The summed E-state index contributed by atoms with van der Waals surface area (Å²) in [6.45, 7) is 0.672. The van der Waals surface area contributed by atoms with Crippen molar-refractivity contribution in [2.75, 3.05) is 18.7 Å². The van der Waals surface area contributed by atoms with Crippen LogP contribution in [0.25, 0.3) is 5.70 Å². The van der Waals surface area contributed by atoms with Crippen molar-refractivity contribution >= 4 is 11.4 Å². The van der Waals surface area contributed by atoms with Crippen molar-refractivity contribution in [3.8, 4) is 11.5 Å². The number of rotatable bonds is 3. The van der Waals surface area contributed by atoms with Crippen molar-refractivity contribution in [2.45, 2.75) is 0 Å². The molecule has 3 rings (SSSR count). The molecule has 1 aliphatic rings. The maximum atomic E-state index is 9.55. The Kier molecular flexibility index (Phi) is 3.21. The Morgan fingerprint density at radius 2 is 2.00 bits per heavy atom. The van der Waals surface area contributed by atoms with Crippen molar-refractivity contribution in [3.63, 3.8) is 0 Å². The Labute approximate surface area is 117 Å². The molecule has 102 valence electrons. The number of nitrogens with one attached hydrogen (secondary N) is 1.